The molecule has 1 N–H and O–H groups in total. The van der Waals surface area contributed by atoms with Crippen molar-refractivity contribution in [2.75, 3.05) is 18.4 Å². The number of allylic oxidation sites excluding steroid dienone is 1. The standard InChI is InChI=1S/C22H32N2O/c1-16(2)18(4)9-10-22(23-20-8-6-7-17(3)13-20)21-14-24(15-25)12-11-19(21)5/h6-8,10,13,15-16,18,23H,9,11-12,14H2,1-5H3/b22-10-. The first-order chi connectivity index (χ1) is 11.9. The molecule has 3 nitrogen and oxygen atoms in total. The van der Waals surface area contributed by atoms with Crippen LogP contribution in [0.25, 0.3) is 0 Å². The lowest BCUT2D eigenvalue weighted by Gasteiger charge is -2.29. The monoisotopic (exact) mass is 340 g/mol. The van der Waals surface area contributed by atoms with Crippen molar-refractivity contribution >= 4 is 12.1 Å². The van der Waals surface area contributed by atoms with Crippen LogP contribution in [-0.2, 0) is 4.79 Å². The lowest BCUT2D eigenvalue weighted by molar-refractivity contribution is -0.117. The number of benzene rings is 1. The average Bonchev–Trinajstić information content (AvgIpc) is 2.58. The summed E-state index contributed by atoms with van der Waals surface area (Å²) in [5.74, 6) is 1.28. The highest BCUT2D eigenvalue weighted by molar-refractivity contribution is 5.58. The number of aryl methyl sites for hydroxylation is 1. The summed E-state index contributed by atoms with van der Waals surface area (Å²) in [7, 11) is 0. The summed E-state index contributed by atoms with van der Waals surface area (Å²) < 4.78 is 0. The largest absolute Gasteiger partial charge is 0.356 e. The second-order valence-corrected chi connectivity index (χ2v) is 7.65. The van der Waals surface area contributed by atoms with Crippen molar-refractivity contribution in [3.8, 4) is 0 Å². The fourth-order valence-corrected chi connectivity index (χ4v) is 2.99. The Labute approximate surface area is 152 Å². The summed E-state index contributed by atoms with van der Waals surface area (Å²) in [6.07, 6.45) is 5.26. The molecule has 1 aromatic rings. The number of nitrogens with zero attached hydrogens (tertiary/aromatic N) is 1. The molecule has 0 spiro atoms. The van der Waals surface area contributed by atoms with Crippen LogP contribution in [0.5, 0.6) is 0 Å². The zero-order valence-electron chi connectivity index (χ0n) is 16.3. The molecule has 1 aromatic carbocycles. The zero-order valence-corrected chi connectivity index (χ0v) is 16.3. The van der Waals surface area contributed by atoms with Crippen LogP contribution in [0.15, 0.2) is 47.2 Å². The normalized spacial score (nSPS) is 17.0. The molecule has 0 saturated heterocycles. The van der Waals surface area contributed by atoms with Crippen LogP contribution in [-0.4, -0.2) is 24.4 Å². The molecule has 1 aliphatic rings. The molecular weight excluding hydrogens is 308 g/mol. The molecule has 1 atom stereocenters. The molecule has 0 radical (unpaired) electrons. The van der Waals surface area contributed by atoms with E-state index in [0.29, 0.717) is 18.4 Å². The van der Waals surface area contributed by atoms with E-state index in [1.54, 1.807) is 0 Å². The Morgan fingerprint density at radius 1 is 1.28 bits per heavy atom. The third-order valence-electron chi connectivity index (χ3n) is 5.25. The van der Waals surface area contributed by atoms with Crippen molar-refractivity contribution in [2.45, 2.75) is 47.5 Å². The molecule has 136 valence electrons. The Kier molecular flexibility index (Phi) is 6.86. The van der Waals surface area contributed by atoms with Crippen LogP contribution >= 0.6 is 0 Å². The van der Waals surface area contributed by atoms with Crippen LogP contribution in [0.4, 0.5) is 5.69 Å². The quantitative estimate of drug-likeness (QED) is 0.696. The Balaban J connectivity index is 2.31. The summed E-state index contributed by atoms with van der Waals surface area (Å²) in [5.41, 5.74) is 6.13. The van der Waals surface area contributed by atoms with Crippen LogP contribution in [0, 0.1) is 18.8 Å². The summed E-state index contributed by atoms with van der Waals surface area (Å²) >= 11 is 0. The summed E-state index contributed by atoms with van der Waals surface area (Å²) in [6.45, 7) is 12.6. The first-order valence-electron chi connectivity index (χ1n) is 9.33. The van der Waals surface area contributed by atoms with E-state index in [9.17, 15) is 4.79 Å². The van der Waals surface area contributed by atoms with Gasteiger partial charge in [0.05, 0.1) is 0 Å². The minimum Gasteiger partial charge on any atom is -0.356 e. The van der Waals surface area contributed by atoms with Crippen molar-refractivity contribution in [3.63, 3.8) is 0 Å². The number of amides is 1. The van der Waals surface area contributed by atoms with Crippen molar-refractivity contribution in [1.29, 1.82) is 0 Å². The molecule has 1 heterocycles. The number of carbonyl (C=O) groups excluding carboxylic acids is 1. The Hall–Kier alpha value is -2.03. The molecule has 0 fully saturated rings. The lowest BCUT2D eigenvalue weighted by atomic mass is 9.92. The minimum absolute atomic E-state index is 0.626. The van der Waals surface area contributed by atoms with Gasteiger partial charge in [0.15, 0.2) is 0 Å². The van der Waals surface area contributed by atoms with Crippen molar-refractivity contribution in [2.24, 2.45) is 11.8 Å². The van der Waals surface area contributed by atoms with Gasteiger partial charge in [0.2, 0.25) is 6.41 Å². The molecule has 0 saturated carbocycles. The minimum atomic E-state index is 0.626. The SMILES string of the molecule is CC1=C(/C(=C/CC(C)C(C)C)Nc2cccc(C)c2)CN(C=O)CC1. The molecule has 0 aromatic heterocycles. The van der Waals surface area contributed by atoms with Crippen LogP contribution in [0.1, 0.15) is 46.1 Å². The van der Waals surface area contributed by atoms with Gasteiger partial charge in [0.25, 0.3) is 0 Å². The Bertz CT molecular complexity index is 658. The highest BCUT2D eigenvalue weighted by Crippen LogP contribution is 2.27. The molecule has 2 rings (SSSR count). The number of rotatable bonds is 7. The topological polar surface area (TPSA) is 32.3 Å². The fourth-order valence-electron chi connectivity index (χ4n) is 2.99. The zero-order chi connectivity index (χ0) is 18.4. The van der Waals surface area contributed by atoms with E-state index in [1.807, 2.05) is 4.90 Å². The number of hydrogen-bond acceptors (Lipinski definition) is 2. The number of nitrogens with one attached hydrogen (secondary N) is 1. The molecule has 1 amide bonds. The van der Waals surface area contributed by atoms with Gasteiger partial charge in [-0.15, -0.1) is 0 Å². The number of hydrogen-bond donors (Lipinski definition) is 1. The van der Waals surface area contributed by atoms with E-state index in [0.717, 1.165) is 37.2 Å². The number of carbonyl (C=O) groups is 1. The van der Waals surface area contributed by atoms with Gasteiger partial charge in [0, 0.05) is 24.5 Å². The van der Waals surface area contributed by atoms with Gasteiger partial charge in [-0.3, -0.25) is 4.79 Å². The van der Waals surface area contributed by atoms with Gasteiger partial charge in [-0.25, -0.2) is 0 Å². The van der Waals surface area contributed by atoms with Crippen LogP contribution in [0.3, 0.4) is 0 Å². The van der Waals surface area contributed by atoms with Gasteiger partial charge in [0.1, 0.15) is 0 Å². The van der Waals surface area contributed by atoms with Crippen LogP contribution < -0.4 is 5.32 Å². The summed E-state index contributed by atoms with van der Waals surface area (Å²) in [5, 5.41) is 3.62. The highest BCUT2D eigenvalue weighted by atomic mass is 16.1. The molecule has 1 unspecified atom stereocenters. The second-order valence-electron chi connectivity index (χ2n) is 7.65. The maximum atomic E-state index is 11.3. The first kappa shape index (κ1) is 19.3. The third-order valence-corrected chi connectivity index (χ3v) is 5.25. The summed E-state index contributed by atoms with van der Waals surface area (Å²) in [4.78, 5) is 13.1. The molecule has 3 heteroatoms. The van der Waals surface area contributed by atoms with E-state index < -0.39 is 0 Å². The molecule has 0 aliphatic carbocycles. The average molecular weight is 341 g/mol. The van der Waals surface area contributed by atoms with E-state index in [1.165, 1.54) is 16.7 Å². The molecule has 0 bridgehead atoms. The maximum Gasteiger partial charge on any atom is 0.210 e. The fraction of sp³-hybridized carbons (Fsp3) is 0.500. The molecular formula is C22H32N2O. The first-order valence-corrected chi connectivity index (χ1v) is 9.33. The van der Waals surface area contributed by atoms with Crippen molar-refractivity contribution < 1.29 is 4.79 Å². The molecule has 25 heavy (non-hydrogen) atoms. The van der Waals surface area contributed by atoms with Crippen molar-refractivity contribution in [3.05, 3.63) is 52.7 Å². The van der Waals surface area contributed by atoms with E-state index in [4.69, 9.17) is 0 Å². The van der Waals surface area contributed by atoms with E-state index >= 15 is 0 Å². The highest BCUT2D eigenvalue weighted by Gasteiger charge is 2.19. The van der Waals surface area contributed by atoms with Gasteiger partial charge >= 0.3 is 0 Å². The predicted octanol–water partition coefficient (Wildman–Crippen LogP) is 5.15. The Morgan fingerprint density at radius 3 is 2.68 bits per heavy atom. The van der Waals surface area contributed by atoms with Crippen LogP contribution in [0.2, 0.25) is 0 Å². The lowest BCUT2D eigenvalue weighted by Crippen LogP contribution is -2.31. The number of anilines is 1. The predicted molar refractivity (Wildman–Crippen MR) is 106 cm³/mol. The van der Waals surface area contributed by atoms with E-state index in [-0.39, 0.29) is 0 Å². The van der Waals surface area contributed by atoms with Gasteiger partial charge in [-0.1, -0.05) is 44.6 Å². The van der Waals surface area contributed by atoms with E-state index in [2.05, 4.69) is 70.3 Å². The van der Waals surface area contributed by atoms with Crippen molar-refractivity contribution in [1.82, 2.24) is 4.90 Å². The third kappa shape index (κ3) is 5.48. The van der Waals surface area contributed by atoms with Gasteiger partial charge in [-0.05, 0) is 61.8 Å². The second kappa shape index (κ2) is 8.89. The van der Waals surface area contributed by atoms with Gasteiger partial charge < -0.3 is 10.2 Å². The molecule has 1 aliphatic heterocycles. The Morgan fingerprint density at radius 2 is 2.04 bits per heavy atom. The smallest absolute Gasteiger partial charge is 0.210 e. The summed E-state index contributed by atoms with van der Waals surface area (Å²) in [6, 6.07) is 8.44. The maximum absolute atomic E-state index is 11.3. The van der Waals surface area contributed by atoms with Gasteiger partial charge in [-0.2, -0.15) is 0 Å².